The molecule has 0 bridgehead atoms. The van der Waals surface area contributed by atoms with Crippen LogP contribution in [-0.4, -0.2) is 46.8 Å². The smallest absolute Gasteiger partial charge is 0.354 e. The molecule has 0 aromatic heterocycles. The second-order valence-electron chi connectivity index (χ2n) is 6.61. The van der Waals surface area contributed by atoms with Crippen molar-refractivity contribution < 1.29 is 23.9 Å². The third-order valence-corrected chi connectivity index (χ3v) is 4.55. The van der Waals surface area contributed by atoms with E-state index in [4.69, 9.17) is 4.74 Å². The summed E-state index contributed by atoms with van der Waals surface area (Å²) in [5.74, 6) is -1.62. The quantitative estimate of drug-likeness (QED) is 0.773. The zero-order chi connectivity index (χ0) is 18.4. The van der Waals surface area contributed by atoms with Gasteiger partial charge in [0.25, 0.3) is 5.91 Å². The molecule has 2 heterocycles. The zero-order valence-corrected chi connectivity index (χ0v) is 14.4. The lowest BCUT2D eigenvalue weighted by atomic mass is 9.95. The highest BCUT2D eigenvalue weighted by Crippen LogP contribution is 2.45. The monoisotopic (exact) mass is 344 g/mol. The Morgan fingerprint density at radius 1 is 1.24 bits per heavy atom. The fraction of sp³-hybridized carbons (Fsp3) is 0.444. The van der Waals surface area contributed by atoms with E-state index in [2.05, 4.69) is 0 Å². The van der Waals surface area contributed by atoms with Crippen LogP contribution in [0, 0.1) is 0 Å². The summed E-state index contributed by atoms with van der Waals surface area (Å²) in [6.45, 7) is 4.49. The third-order valence-electron chi connectivity index (χ3n) is 4.55. The Bertz CT molecular complexity index is 772. The second kappa shape index (κ2) is 5.98. The minimum Gasteiger partial charge on any atom is -0.455 e. The molecule has 0 unspecified atom stereocenters. The fourth-order valence-corrected chi connectivity index (χ4v) is 3.66. The third kappa shape index (κ3) is 2.42. The van der Waals surface area contributed by atoms with Crippen LogP contribution in [0.5, 0.6) is 0 Å². The summed E-state index contributed by atoms with van der Waals surface area (Å²) < 4.78 is 5.16. The topological polar surface area (TPSA) is 84.0 Å². The lowest BCUT2D eigenvalue weighted by Crippen LogP contribution is -2.70. The summed E-state index contributed by atoms with van der Waals surface area (Å²) >= 11 is 0. The van der Waals surface area contributed by atoms with E-state index in [-0.39, 0.29) is 43.1 Å². The summed E-state index contributed by atoms with van der Waals surface area (Å²) in [4.78, 5) is 52.6. The van der Waals surface area contributed by atoms with Gasteiger partial charge in [0, 0.05) is 18.9 Å². The Kier molecular flexibility index (Phi) is 4.10. The summed E-state index contributed by atoms with van der Waals surface area (Å²) in [5.41, 5.74) is -0.750. The molecule has 0 N–H and O–H groups in total. The number of benzene rings is 1. The number of fused-ring (bicyclic) bond motifs is 3. The van der Waals surface area contributed by atoms with Crippen molar-refractivity contribution in [2.75, 3.05) is 11.5 Å². The molecule has 1 aromatic carbocycles. The summed E-state index contributed by atoms with van der Waals surface area (Å²) in [6, 6.07) is 6.40. The van der Waals surface area contributed by atoms with Crippen molar-refractivity contribution in [1.82, 2.24) is 4.90 Å². The first-order valence-corrected chi connectivity index (χ1v) is 8.23. The number of Topliss-reactive ketones (excluding diaryl/α,β-unsaturated/α-hetero) is 1. The van der Waals surface area contributed by atoms with Crippen molar-refractivity contribution >= 4 is 29.3 Å². The fourth-order valence-electron chi connectivity index (χ4n) is 3.66. The highest BCUT2D eigenvalue weighted by molar-refractivity contribution is 6.15. The normalized spacial score (nSPS) is 22.1. The number of ketones is 1. The number of nitrogens with zero attached hydrogens (tertiary/aromatic N) is 2. The van der Waals surface area contributed by atoms with Crippen LogP contribution in [0.3, 0.4) is 0 Å². The number of rotatable bonds is 4. The molecule has 1 atom stereocenters. The van der Waals surface area contributed by atoms with E-state index in [1.165, 1.54) is 16.7 Å². The number of para-hydroxylation sites is 1. The van der Waals surface area contributed by atoms with Gasteiger partial charge in [0.1, 0.15) is 6.61 Å². The van der Waals surface area contributed by atoms with Crippen LogP contribution < -0.4 is 4.90 Å². The number of esters is 1. The molecule has 1 aromatic rings. The first kappa shape index (κ1) is 17.1. The molecule has 0 radical (unpaired) electrons. The number of carbonyl (C=O) groups is 4. The van der Waals surface area contributed by atoms with E-state index in [0.717, 1.165) is 0 Å². The minimum atomic E-state index is -1.54. The van der Waals surface area contributed by atoms with Crippen LogP contribution >= 0.6 is 0 Å². The van der Waals surface area contributed by atoms with Crippen molar-refractivity contribution in [2.24, 2.45) is 0 Å². The van der Waals surface area contributed by atoms with Gasteiger partial charge >= 0.3 is 5.97 Å². The van der Waals surface area contributed by atoms with Gasteiger partial charge in [-0.2, -0.15) is 0 Å². The number of amides is 2. The van der Waals surface area contributed by atoms with Crippen molar-refractivity contribution in [3.8, 4) is 0 Å². The second-order valence-corrected chi connectivity index (χ2v) is 6.61. The number of ether oxygens (including phenoxy) is 1. The largest absolute Gasteiger partial charge is 0.455 e. The van der Waals surface area contributed by atoms with Crippen LogP contribution in [0.1, 0.15) is 44.0 Å². The first-order chi connectivity index (χ1) is 11.8. The van der Waals surface area contributed by atoms with E-state index in [1.54, 1.807) is 38.1 Å². The van der Waals surface area contributed by atoms with Crippen LogP contribution in [0.2, 0.25) is 0 Å². The summed E-state index contributed by atoms with van der Waals surface area (Å²) in [7, 11) is 0. The van der Waals surface area contributed by atoms with Gasteiger partial charge < -0.3 is 9.64 Å². The molecule has 3 rings (SSSR count). The maximum Gasteiger partial charge on any atom is 0.354 e. The number of carbonyl (C=O) groups excluding carboxylic acids is 4. The Labute approximate surface area is 145 Å². The van der Waals surface area contributed by atoms with Crippen LogP contribution in [0.25, 0.3) is 0 Å². The average Bonchev–Trinajstić information content (AvgIpc) is 2.91. The zero-order valence-electron chi connectivity index (χ0n) is 14.4. The maximum atomic E-state index is 13.1. The molecule has 0 saturated carbocycles. The molecular weight excluding hydrogens is 324 g/mol. The van der Waals surface area contributed by atoms with Crippen LogP contribution in [0.15, 0.2) is 24.3 Å². The lowest BCUT2D eigenvalue weighted by molar-refractivity contribution is -0.160. The average molecular weight is 344 g/mol. The van der Waals surface area contributed by atoms with Gasteiger partial charge in [-0.05, 0) is 32.9 Å². The van der Waals surface area contributed by atoms with E-state index in [0.29, 0.717) is 11.3 Å². The van der Waals surface area contributed by atoms with E-state index in [9.17, 15) is 19.2 Å². The molecule has 1 saturated heterocycles. The van der Waals surface area contributed by atoms with Crippen molar-refractivity contribution in [1.29, 1.82) is 0 Å². The Morgan fingerprint density at radius 3 is 2.56 bits per heavy atom. The summed E-state index contributed by atoms with van der Waals surface area (Å²) in [6.07, 6.45) is 0.265. The molecule has 0 spiro atoms. The van der Waals surface area contributed by atoms with Crippen molar-refractivity contribution in [3.63, 3.8) is 0 Å². The predicted octanol–water partition coefficient (Wildman–Crippen LogP) is 1.51. The van der Waals surface area contributed by atoms with Crippen molar-refractivity contribution in [2.45, 2.75) is 45.3 Å². The van der Waals surface area contributed by atoms with Gasteiger partial charge in [0.15, 0.2) is 5.78 Å². The molecule has 0 aliphatic carbocycles. The standard InChI is InChI=1S/C18H20N2O5/c1-11(2)19-16(23)13-6-4-5-7-14(13)20-15(22)8-9-18(19,20)17(24)25-10-12(3)21/h4-7,11H,8-10H2,1-3H3/t18-/m1/s1. The molecule has 7 nitrogen and oxygen atoms in total. The van der Waals surface area contributed by atoms with E-state index < -0.39 is 11.6 Å². The lowest BCUT2D eigenvalue weighted by Gasteiger charge is -2.50. The summed E-state index contributed by atoms with van der Waals surface area (Å²) in [5, 5.41) is 0. The molecule has 2 amide bonds. The Hall–Kier alpha value is -2.70. The number of hydrogen-bond donors (Lipinski definition) is 0. The van der Waals surface area contributed by atoms with Crippen molar-refractivity contribution in [3.05, 3.63) is 29.8 Å². The van der Waals surface area contributed by atoms with Crippen LogP contribution in [-0.2, 0) is 19.1 Å². The van der Waals surface area contributed by atoms with Crippen LogP contribution in [0.4, 0.5) is 5.69 Å². The van der Waals surface area contributed by atoms with Gasteiger partial charge in [0.2, 0.25) is 11.6 Å². The molecule has 7 heteroatoms. The van der Waals surface area contributed by atoms with E-state index in [1.807, 2.05) is 0 Å². The predicted molar refractivity (Wildman–Crippen MR) is 88.8 cm³/mol. The van der Waals surface area contributed by atoms with Gasteiger partial charge in [-0.3, -0.25) is 19.3 Å². The Balaban J connectivity index is 2.18. The van der Waals surface area contributed by atoms with Gasteiger partial charge in [-0.1, -0.05) is 12.1 Å². The molecule has 2 aliphatic rings. The molecule has 1 fully saturated rings. The highest BCUT2D eigenvalue weighted by Gasteiger charge is 2.62. The molecule has 25 heavy (non-hydrogen) atoms. The molecule has 132 valence electrons. The number of hydrogen-bond acceptors (Lipinski definition) is 5. The SMILES string of the molecule is CC(=O)COC(=O)[C@@]12CCC(=O)N1c1ccccc1C(=O)N2C(C)C. The van der Waals surface area contributed by atoms with Gasteiger partial charge in [0.05, 0.1) is 11.3 Å². The first-order valence-electron chi connectivity index (χ1n) is 8.23. The van der Waals surface area contributed by atoms with Gasteiger partial charge in [-0.25, -0.2) is 4.79 Å². The Morgan fingerprint density at radius 2 is 1.92 bits per heavy atom. The number of anilines is 1. The highest BCUT2D eigenvalue weighted by atomic mass is 16.5. The van der Waals surface area contributed by atoms with Gasteiger partial charge in [-0.15, -0.1) is 0 Å². The molecular formula is C18H20N2O5. The molecule has 2 aliphatic heterocycles. The van der Waals surface area contributed by atoms with E-state index >= 15 is 0 Å². The maximum absolute atomic E-state index is 13.1. The minimum absolute atomic E-state index is 0.125.